The van der Waals surface area contributed by atoms with Gasteiger partial charge in [0.15, 0.2) is 5.69 Å². The van der Waals surface area contributed by atoms with Crippen LogP contribution < -0.4 is 10.7 Å². The van der Waals surface area contributed by atoms with Crippen molar-refractivity contribution < 1.29 is 9.72 Å². The minimum absolute atomic E-state index is 0.160. The number of hydrogen-bond donors (Lipinski definition) is 1. The lowest BCUT2D eigenvalue weighted by atomic mass is 10.2. The average molecular weight is 351 g/mol. The molecule has 9 nitrogen and oxygen atoms in total. The third kappa shape index (κ3) is 3.31. The summed E-state index contributed by atoms with van der Waals surface area (Å²) in [5, 5.41) is 17.8. The molecule has 0 spiro atoms. The SMILES string of the molecule is Cc1cc(=O)c(C(=O)Nc2ccncc2)nn1-c1ccccc1[N+](=O)[O-]. The third-order valence-electron chi connectivity index (χ3n) is 3.57. The Balaban J connectivity index is 2.07. The van der Waals surface area contributed by atoms with E-state index in [-0.39, 0.29) is 17.1 Å². The lowest BCUT2D eigenvalue weighted by Gasteiger charge is -2.11. The molecule has 0 fully saturated rings. The molecule has 1 amide bonds. The lowest BCUT2D eigenvalue weighted by Crippen LogP contribution is -2.27. The Bertz CT molecular complexity index is 1050. The van der Waals surface area contributed by atoms with Crippen molar-refractivity contribution >= 4 is 17.3 Å². The zero-order valence-corrected chi connectivity index (χ0v) is 13.6. The maximum absolute atomic E-state index is 12.4. The second-order valence-corrected chi connectivity index (χ2v) is 5.35. The Kier molecular flexibility index (Phi) is 4.52. The Morgan fingerprint density at radius 3 is 2.58 bits per heavy atom. The van der Waals surface area contributed by atoms with Gasteiger partial charge in [-0.2, -0.15) is 5.10 Å². The van der Waals surface area contributed by atoms with E-state index in [0.717, 1.165) is 0 Å². The summed E-state index contributed by atoms with van der Waals surface area (Å²) < 4.78 is 1.21. The summed E-state index contributed by atoms with van der Waals surface area (Å²) >= 11 is 0. The number of hydrogen-bond acceptors (Lipinski definition) is 6. The van der Waals surface area contributed by atoms with Crippen molar-refractivity contribution in [3.05, 3.63) is 86.6 Å². The first-order valence-electron chi connectivity index (χ1n) is 7.53. The highest BCUT2D eigenvalue weighted by molar-refractivity contribution is 6.02. The highest BCUT2D eigenvalue weighted by Gasteiger charge is 2.20. The van der Waals surface area contributed by atoms with Crippen LogP contribution in [0.4, 0.5) is 11.4 Å². The molecule has 3 aromatic rings. The molecular formula is C17H13N5O4. The van der Waals surface area contributed by atoms with Crippen molar-refractivity contribution in [2.75, 3.05) is 5.32 Å². The molecule has 0 unspecified atom stereocenters. The quantitative estimate of drug-likeness (QED) is 0.568. The van der Waals surface area contributed by atoms with E-state index in [1.165, 1.54) is 41.3 Å². The van der Waals surface area contributed by atoms with Crippen LogP contribution in [0.1, 0.15) is 16.2 Å². The Hall–Kier alpha value is -3.88. The Morgan fingerprint density at radius 1 is 1.19 bits per heavy atom. The molecule has 1 N–H and O–H groups in total. The van der Waals surface area contributed by atoms with Crippen molar-refractivity contribution in [2.24, 2.45) is 0 Å². The summed E-state index contributed by atoms with van der Waals surface area (Å²) in [6.45, 7) is 1.58. The number of nitro benzene ring substituents is 1. The molecule has 0 atom stereocenters. The van der Waals surface area contributed by atoms with E-state index in [0.29, 0.717) is 11.4 Å². The molecule has 26 heavy (non-hydrogen) atoms. The standard InChI is InChI=1S/C17H13N5O4/c1-11-10-15(23)16(17(24)19-12-6-8-18-9-7-12)20-21(11)13-4-2-3-5-14(13)22(25)26/h2-10H,1H3,(H,18,19,24). The zero-order chi connectivity index (χ0) is 18.7. The number of aromatic nitrogens is 3. The molecule has 0 radical (unpaired) electrons. The predicted octanol–water partition coefficient (Wildman–Crippen LogP) is 2.10. The average Bonchev–Trinajstić information content (AvgIpc) is 2.62. The van der Waals surface area contributed by atoms with Crippen molar-refractivity contribution in [1.29, 1.82) is 0 Å². The second kappa shape index (κ2) is 6.93. The van der Waals surface area contributed by atoms with Gasteiger partial charge in [0, 0.05) is 35.9 Å². The second-order valence-electron chi connectivity index (χ2n) is 5.35. The highest BCUT2D eigenvalue weighted by Crippen LogP contribution is 2.22. The summed E-state index contributed by atoms with van der Waals surface area (Å²) in [6, 6.07) is 10.3. The fourth-order valence-electron chi connectivity index (χ4n) is 2.37. The number of rotatable bonds is 4. The molecule has 0 aliphatic heterocycles. The molecule has 0 saturated heterocycles. The fraction of sp³-hybridized carbons (Fsp3) is 0.0588. The molecule has 0 bridgehead atoms. The van der Waals surface area contributed by atoms with Crippen molar-refractivity contribution in [2.45, 2.75) is 6.92 Å². The number of carbonyl (C=O) groups is 1. The molecule has 2 aromatic heterocycles. The molecule has 3 rings (SSSR count). The van der Waals surface area contributed by atoms with Crippen LogP contribution in [0.2, 0.25) is 0 Å². The van der Waals surface area contributed by atoms with E-state index in [9.17, 15) is 19.7 Å². The summed E-state index contributed by atoms with van der Waals surface area (Å²) in [5.41, 5.74) is -0.163. The van der Waals surface area contributed by atoms with Crippen LogP contribution >= 0.6 is 0 Å². The van der Waals surface area contributed by atoms with Crippen LogP contribution in [-0.4, -0.2) is 25.6 Å². The van der Waals surface area contributed by atoms with Gasteiger partial charge in [-0.1, -0.05) is 12.1 Å². The number of anilines is 1. The van der Waals surface area contributed by atoms with Crippen LogP contribution in [0.15, 0.2) is 59.7 Å². The van der Waals surface area contributed by atoms with E-state index in [2.05, 4.69) is 15.4 Å². The van der Waals surface area contributed by atoms with Gasteiger partial charge in [-0.3, -0.25) is 24.7 Å². The maximum atomic E-state index is 12.4. The number of nitro groups is 1. The monoisotopic (exact) mass is 351 g/mol. The molecule has 0 saturated carbocycles. The van der Waals surface area contributed by atoms with E-state index in [1.54, 1.807) is 25.1 Å². The smallest absolute Gasteiger partial charge is 0.294 e. The highest BCUT2D eigenvalue weighted by atomic mass is 16.6. The Labute approximate surface area is 147 Å². The van der Waals surface area contributed by atoms with Crippen molar-refractivity contribution in [3.63, 3.8) is 0 Å². The van der Waals surface area contributed by atoms with Crippen molar-refractivity contribution in [3.8, 4) is 5.69 Å². The molecule has 1 aromatic carbocycles. The topological polar surface area (TPSA) is 120 Å². The number of nitrogens with zero attached hydrogens (tertiary/aromatic N) is 4. The maximum Gasteiger partial charge on any atom is 0.294 e. The number of para-hydroxylation sites is 2. The van der Waals surface area contributed by atoms with Crippen molar-refractivity contribution in [1.82, 2.24) is 14.8 Å². The van der Waals surface area contributed by atoms with Gasteiger partial charge in [0.25, 0.3) is 11.6 Å². The number of carbonyl (C=O) groups excluding carboxylic acids is 1. The number of amides is 1. The number of benzene rings is 1. The summed E-state index contributed by atoms with van der Waals surface area (Å²) in [7, 11) is 0. The van der Waals surface area contributed by atoms with Crippen LogP contribution in [0.5, 0.6) is 0 Å². The number of nitrogens with one attached hydrogen (secondary N) is 1. The van der Waals surface area contributed by atoms with Gasteiger partial charge in [-0.25, -0.2) is 4.68 Å². The van der Waals surface area contributed by atoms with E-state index in [4.69, 9.17) is 0 Å². The third-order valence-corrected chi connectivity index (χ3v) is 3.57. The van der Waals surface area contributed by atoms with Gasteiger partial charge in [0.05, 0.1) is 4.92 Å². The first-order valence-corrected chi connectivity index (χ1v) is 7.53. The normalized spacial score (nSPS) is 10.3. The fourth-order valence-corrected chi connectivity index (χ4v) is 2.37. The van der Waals surface area contributed by atoms with E-state index < -0.39 is 16.3 Å². The lowest BCUT2D eigenvalue weighted by molar-refractivity contribution is -0.384. The number of aryl methyl sites for hydroxylation is 1. The molecule has 9 heteroatoms. The van der Waals surface area contributed by atoms with E-state index >= 15 is 0 Å². The number of pyridine rings is 1. The molecule has 0 aliphatic rings. The van der Waals surface area contributed by atoms with E-state index in [1.807, 2.05) is 0 Å². The molecule has 2 heterocycles. The van der Waals surface area contributed by atoms with Gasteiger partial charge < -0.3 is 5.32 Å². The van der Waals surface area contributed by atoms with Crippen LogP contribution in [0.3, 0.4) is 0 Å². The van der Waals surface area contributed by atoms with Gasteiger partial charge >= 0.3 is 0 Å². The summed E-state index contributed by atoms with van der Waals surface area (Å²) in [5.74, 6) is -0.714. The van der Waals surface area contributed by atoms with Crippen LogP contribution in [0.25, 0.3) is 5.69 Å². The Morgan fingerprint density at radius 2 is 1.88 bits per heavy atom. The molecule has 130 valence electrons. The minimum Gasteiger partial charge on any atom is -0.320 e. The van der Waals surface area contributed by atoms with Crippen LogP contribution in [0, 0.1) is 17.0 Å². The molecular weight excluding hydrogens is 338 g/mol. The molecule has 0 aliphatic carbocycles. The van der Waals surface area contributed by atoms with Gasteiger partial charge in [-0.05, 0) is 25.1 Å². The van der Waals surface area contributed by atoms with Gasteiger partial charge in [0.2, 0.25) is 5.43 Å². The zero-order valence-electron chi connectivity index (χ0n) is 13.6. The predicted molar refractivity (Wildman–Crippen MR) is 93.4 cm³/mol. The largest absolute Gasteiger partial charge is 0.320 e. The first kappa shape index (κ1) is 17.0. The van der Waals surface area contributed by atoms with Gasteiger partial charge in [0.1, 0.15) is 5.69 Å². The first-order chi connectivity index (χ1) is 12.5. The summed E-state index contributed by atoms with van der Waals surface area (Å²) in [6.07, 6.45) is 2.98. The summed E-state index contributed by atoms with van der Waals surface area (Å²) in [4.78, 5) is 39.1. The van der Waals surface area contributed by atoms with Gasteiger partial charge in [-0.15, -0.1) is 0 Å². The van der Waals surface area contributed by atoms with Crippen LogP contribution in [-0.2, 0) is 0 Å². The minimum atomic E-state index is -0.714.